The number of fused-ring (bicyclic) bond motifs is 1. The zero-order valence-corrected chi connectivity index (χ0v) is 18.0. The molecule has 2 amide bonds. The maximum atomic E-state index is 13.6. The first kappa shape index (κ1) is 20.5. The van der Waals surface area contributed by atoms with Crippen molar-refractivity contribution in [1.29, 1.82) is 5.26 Å². The van der Waals surface area contributed by atoms with Crippen molar-refractivity contribution in [2.24, 2.45) is 0 Å². The van der Waals surface area contributed by atoms with Gasteiger partial charge < -0.3 is 10.2 Å². The summed E-state index contributed by atoms with van der Waals surface area (Å²) in [6.07, 6.45) is 4.96. The summed E-state index contributed by atoms with van der Waals surface area (Å²) < 4.78 is 0. The van der Waals surface area contributed by atoms with E-state index in [9.17, 15) is 9.59 Å². The van der Waals surface area contributed by atoms with Gasteiger partial charge in [0.05, 0.1) is 29.6 Å². The molecule has 8 heteroatoms. The lowest BCUT2D eigenvalue weighted by molar-refractivity contribution is -0.128. The van der Waals surface area contributed by atoms with Crippen LogP contribution in [-0.2, 0) is 9.59 Å². The highest BCUT2D eigenvalue weighted by molar-refractivity contribution is 6.15. The van der Waals surface area contributed by atoms with Gasteiger partial charge in [0.25, 0.3) is 5.91 Å². The Morgan fingerprint density at radius 2 is 1.88 bits per heavy atom. The molecular weight excluding hydrogens is 404 g/mol. The number of carbonyl (C=O) groups excluding carboxylic acids is 2. The SMILES string of the molecule is N#Cc1ccnc(N2CCN(CC(=O)N3c4ccccc4NC(=O)C34CCCC4)CC2)c1. The minimum Gasteiger partial charge on any atom is -0.354 e. The number of benzene rings is 1. The number of hydrogen-bond acceptors (Lipinski definition) is 6. The Morgan fingerprint density at radius 1 is 1.12 bits per heavy atom. The molecule has 1 saturated carbocycles. The van der Waals surface area contributed by atoms with Crippen molar-refractivity contribution in [1.82, 2.24) is 9.88 Å². The monoisotopic (exact) mass is 430 g/mol. The smallest absolute Gasteiger partial charge is 0.250 e. The Balaban J connectivity index is 1.31. The number of rotatable bonds is 3. The van der Waals surface area contributed by atoms with Crippen molar-refractivity contribution in [3.63, 3.8) is 0 Å². The molecule has 0 radical (unpaired) electrons. The van der Waals surface area contributed by atoms with Crippen molar-refractivity contribution in [2.75, 3.05) is 47.8 Å². The van der Waals surface area contributed by atoms with Gasteiger partial charge in [-0.2, -0.15) is 5.26 Å². The lowest BCUT2D eigenvalue weighted by Crippen LogP contribution is -2.62. The summed E-state index contributed by atoms with van der Waals surface area (Å²) in [7, 11) is 0. The largest absolute Gasteiger partial charge is 0.354 e. The van der Waals surface area contributed by atoms with Crippen LogP contribution in [0.3, 0.4) is 0 Å². The molecule has 32 heavy (non-hydrogen) atoms. The van der Waals surface area contributed by atoms with Gasteiger partial charge in [-0.05, 0) is 37.1 Å². The highest BCUT2D eigenvalue weighted by Gasteiger charge is 2.52. The van der Waals surface area contributed by atoms with Gasteiger partial charge in [-0.3, -0.25) is 19.4 Å². The van der Waals surface area contributed by atoms with E-state index in [1.165, 1.54) is 0 Å². The summed E-state index contributed by atoms with van der Waals surface area (Å²) in [6.45, 7) is 3.19. The van der Waals surface area contributed by atoms with Gasteiger partial charge in [0.2, 0.25) is 5.91 Å². The third-order valence-electron chi connectivity index (χ3n) is 6.85. The second-order valence-electron chi connectivity index (χ2n) is 8.72. The Labute approximate surface area is 187 Å². The zero-order chi connectivity index (χ0) is 22.1. The van der Waals surface area contributed by atoms with E-state index in [4.69, 9.17) is 5.26 Å². The molecule has 1 aliphatic carbocycles. The molecule has 0 unspecified atom stereocenters. The first-order valence-electron chi connectivity index (χ1n) is 11.2. The molecule has 0 bridgehead atoms. The first-order valence-corrected chi connectivity index (χ1v) is 11.2. The predicted octanol–water partition coefficient (Wildman–Crippen LogP) is 2.37. The number of nitriles is 1. The van der Waals surface area contributed by atoms with Crippen LogP contribution in [0.5, 0.6) is 0 Å². The third kappa shape index (κ3) is 3.49. The average molecular weight is 431 g/mol. The van der Waals surface area contributed by atoms with Gasteiger partial charge in [0.1, 0.15) is 11.4 Å². The topological polar surface area (TPSA) is 92.6 Å². The lowest BCUT2D eigenvalue weighted by Gasteiger charge is -2.45. The summed E-state index contributed by atoms with van der Waals surface area (Å²) in [6, 6.07) is 13.2. The van der Waals surface area contributed by atoms with Crippen molar-refractivity contribution in [3.05, 3.63) is 48.2 Å². The quantitative estimate of drug-likeness (QED) is 0.804. The van der Waals surface area contributed by atoms with Crippen LogP contribution in [0.4, 0.5) is 17.2 Å². The molecule has 0 atom stereocenters. The molecule has 5 rings (SSSR count). The van der Waals surface area contributed by atoms with Crippen LogP contribution in [0.1, 0.15) is 31.2 Å². The van der Waals surface area contributed by atoms with Crippen molar-refractivity contribution in [2.45, 2.75) is 31.2 Å². The normalized spacial score (nSPS) is 20.0. The fourth-order valence-electron chi connectivity index (χ4n) is 5.19. The number of hydrogen-bond donors (Lipinski definition) is 1. The molecule has 3 aliphatic rings. The average Bonchev–Trinajstić information content (AvgIpc) is 3.31. The number of carbonyl (C=O) groups is 2. The van der Waals surface area contributed by atoms with Gasteiger partial charge in [-0.15, -0.1) is 0 Å². The number of piperazine rings is 1. The molecule has 1 saturated heterocycles. The molecule has 2 aliphatic heterocycles. The number of para-hydroxylation sites is 2. The number of anilines is 3. The fourth-order valence-corrected chi connectivity index (χ4v) is 5.19. The molecule has 1 aromatic heterocycles. The summed E-state index contributed by atoms with van der Waals surface area (Å²) in [5.41, 5.74) is 1.33. The van der Waals surface area contributed by atoms with E-state index in [0.717, 1.165) is 50.5 Å². The van der Waals surface area contributed by atoms with E-state index in [0.29, 0.717) is 24.1 Å². The molecule has 2 aromatic rings. The fraction of sp³-hybridized carbons (Fsp3) is 0.417. The van der Waals surface area contributed by atoms with Crippen LogP contribution in [0, 0.1) is 11.3 Å². The molecule has 1 N–H and O–H groups in total. The number of pyridine rings is 1. The van der Waals surface area contributed by atoms with E-state index in [1.807, 2.05) is 24.3 Å². The van der Waals surface area contributed by atoms with Crippen LogP contribution in [0.2, 0.25) is 0 Å². The van der Waals surface area contributed by atoms with E-state index in [-0.39, 0.29) is 18.4 Å². The Morgan fingerprint density at radius 3 is 2.62 bits per heavy atom. The maximum absolute atomic E-state index is 13.6. The number of nitrogens with one attached hydrogen (secondary N) is 1. The highest BCUT2D eigenvalue weighted by Crippen LogP contribution is 2.45. The Bertz CT molecular complexity index is 1080. The minimum atomic E-state index is -0.769. The van der Waals surface area contributed by atoms with Gasteiger partial charge in [-0.1, -0.05) is 25.0 Å². The summed E-state index contributed by atoms with van der Waals surface area (Å²) in [5, 5.41) is 12.2. The van der Waals surface area contributed by atoms with Crippen molar-refractivity contribution < 1.29 is 9.59 Å². The van der Waals surface area contributed by atoms with Crippen LogP contribution >= 0.6 is 0 Å². The number of amides is 2. The third-order valence-corrected chi connectivity index (χ3v) is 6.85. The van der Waals surface area contributed by atoms with E-state index in [1.54, 1.807) is 23.2 Å². The van der Waals surface area contributed by atoms with Gasteiger partial charge >= 0.3 is 0 Å². The van der Waals surface area contributed by atoms with E-state index < -0.39 is 5.54 Å². The number of aromatic nitrogens is 1. The van der Waals surface area contributed by atoms with Gasteiger partial charge in [0, 0.05) is 32.4 Å². The van der Waals surface area contributed by atoms with Crippen LogP contribution in [0.15, 0.2) is 42.6 Å². The zero-order valence-electron chi connectivity index (χ0n) is 18.0. The molecule has 164 valence electrons. The first-order chi connectivity index (χ1) is 15.6. The van der Waals surface area contributed by atoms with Crippen LogP contribution in [-0.4, -0.2) is 60.0 Å². The summed E-state index contributed by atoms with van der Waals surface area (Å²) >= 11 is 0. The molecule has 3 heterocycles. The summed E-state index contributed by atoms with van der Waals surface area (Å²) in [4.78, 5) is 37.2. The van der Waals surface area contributed by atoms with Crippen molar-refractivity contribution >= 4 is 29.0 Å². The minimum absolute atomic E-state index is 0.0211. The van der Waals surface area contributed by atoms with E-state index >= 15 is 0 Å². The molecular formula is C24H26N6O2. The summed E-state index contributed by atoms with van der Waals surface area (Å²) in [5.74, 6) is 0.712. The number of nitrogens with zero attached hydrogens (tertiary/aromatic N) is 5. The second kappa shape index (κ2) is 8.24. The Kier molecular flexibility index (Phi) is 5.27. The van der Waals surface area contributed by atoms with Crippen molar-refractivity contribution in [3.8, 4) is 6.07 Å². The van der Waals surface area contributed by atoms with Gasteiger partial charge in [0.15, 0.2) is 0 Å². The molecule has 1 spiro atoms. The predicted molar refractivity (Wildman–Crippen MR) is 121 cm³/mol. The second-order valence-corrected chi connectivity index (χ2v) is 8.72. The van der Waals surface area contributed by atoms with Crippen LogP contribution < -0.4 is 15.1 Å². The highest BCUT2D eigenvalue weighted by atomic mass is 16.2. The maximum Gasteiger partial charge on any atom is 0.250 e. The molecule has 8 nitrogen and oxygen atoms in total. The van der Waals surface area contributed by atoms with E-state index in [2.05, 4.69) is 26.2 Å². The van der Waals surface area contributed by atoms with Crippen LogP contribution in [0.25, 0.3) is 0 Å². The molecule has 1 aromatic carbocycles. The van der Waals surface area contributed by atoms with Gasteiger partial charge in [-0.25, -0.2) is 4.98 Å². The Hall–Kier alpha value is -3.44. The standard InChI is InChI=1S/C24H26N6O2/c25-16-18-7-10-26-21(15-18)29-13-11-28(12-14-29)17-22(31)30-20-6-2-1-5-19(20)27-23(32)24(30)8-3-4-9-24/h1-2,5-7,10,15H,3-4,8-9,11-14,17H2,(H,27,32). The lowest BCUT2D eigenvalue weighted by atomic mass is 9.89. The molecule has 2 fully saturated rings.